The summed E-state index contributed by atoms with van der Waals surface area (Å²) in [6.45, 7) is 6.12. The van der Waals surface area contributed by atoms with Crippen LogP contribution in [0.5, 0.6) is 5.75 Å². The number of hydrogen-bond donors (Lipinski definition) is 2. The lowest BCUT2D eigenvalue weighted by Gasteiger charge is -2.40. The van der Waals surface area contributed by atoms with Crippen LogP contribution in [0.15, 0.2) is 24.5 Å². The maximum absolute atomic E-state index is 14.7. The first-order valence-corrected chi connectivity index (χ1v) is 8.51. The lowest BCUT2D eigenvalue weighted by Crippen LogP contribution is -2.51. The van der Waals surface area contributed by atoms with Crippen LogP contribution >= 0.6 is 0 Å². The van der Waals surface area contributed by atoms with E-state index in [0.29, 0.717) is 13.1 Å². The van der Waals surface area contributed by atoms with E-state index in [1.165, 1.54) is 30.9 Å². The number of benzene rings is 1. The van der Waals surface area contributed by atoms with Gasteiger partial charge in [-0.25, -0.2) is 13.2 Å². The van der Waals surface area contributed by atoms with E-state index >= 15 is 0 Å². The molecule has 0 aliphatic carbocycles. The zero-order valence-electron chi connectivity index (χ0n) is 14.7. The molecule has 1 aromatic rings. The second-order valence-electron chi connectivity index (χ2n) is 7.30. The van der Waals surface area contributed by atoms with Crippen LogP contribution in [0.1, 0.15) is 27.2 Å². The molecule has 0 bridgehead atoms. The summed E-state index contributed by atoms with van der Waals surface area (Å²) in [5.41, 5.74) is -1.64. The molecule has 138 valence electrons. The zero-order valence-corrected chi connectivity index (χ0v) is 14.7. The van der Waals surface area contributed by atoms with E-state index in [-0.39, 0.29) is 30.0 Å². The maximum atomic E-state index is 14.7. The third-order valence-corrected chi connectivity index (χ3v) is 4.52. The van der Waals surface area contributed by atoms with Gasteiger partial charge in [0.15, 0.2) is 11.6 Å². The molecule has 2 N–H and O–H groups in total. The Labute approximate surface area is 146 Å². The molecule has 2 aliphatic heterocycles. The molecule has 7 heteroatoms. The van der Waals surface area contributed by atoms with Crippen molar-refractivity contribution < 1.29 is 17.9 Å². The van der Waals surface area contributed by atoms with Crippen LogP contribution in [-0.4, -0.2) is 36.9 Å². The van der Waals surface area contributed by atoms with Crippen molar-refractivity contribution >= 4 is 5.69 Å². The summed E-state index contributed by atoms with van der Waals surface area (Å²) in [5, 5.41) is 6.11. The molecule has 0 amide bonds. The van der Waals surface area contributed by atoms with Gasteiger partial charge < -0.3 is 20.3 Å². The number of rotatable bonds is 5. The number of nitrogens with zero attached hydrogens (tertiary/aromatic N) is 1. The van der Waals surface area contributed by atoms with Crippen LogP contribution in [0.4, 0.5) is 18.9 Å². The Morgan fingerprint density at radius 2 is 1.88 bits per heavy atom. The van der Waals surface area contributed by atoms with E-state index < -0.39 is 23.3 Å². The van der Waals surface area contributed by atoms with Gasteiger partial charge in [-0.1, -0.05) is 0 Å². The number of halogens is 3. The topological polar surface area (TPSA) is 36.5 Å². The van der Waals surface area contributed by atoms with Crippen LogP contribution in [0.3, 0.4) is 0 Å². The summed E-state index contributed by atoms with van der Waals surface area (Å²) in [6.07, 6.45) is 3.24. The summed E-state index contributed by atoms with van der Waals surface area (Å²) >= 11 is 0. The Bertz CT molecular complexity index is 632. The van der Waals surface area contributed by atoms with E-state index in [4.69, 9.17) is 4.74 Å². The molecule has 0 aromatic heterocycles. The van der Waals surface area contributed by atoms with Crippen LogP contribution in [-0.2, 0) is 0 Å². The van der Waals surface area contributed by atoms with Crippen molar-refractivity contribution in [1.29, 1.82) is 0 Å². The normalized spacial score (nSPS) is 24.0. The molecule has 25 heavy (non-hydrogen) atoms. The first-order valence-electron chi connectivity index (χ1n) is 8.51. The molecule has 3 rings (SSSR count). The van der Waals surface area contributed by atoms with E-state index in [1.807, 2.05) is 6.92 Å². The fraction of sp³-hybridized carbons (Fsp3) is 0.556. The lowest BCUT2D eigenvalue weighted by molar-refractivity contribution is 0.141. The number of alkyl halides is 1. The fourth-order valence-corrected chi connectivity index (χ4v) is 3.15. The van der Waals surface area contributed by atoms with Crippen LogP contribution in [0.2, 0.25) is 0 Å². The highest BCUT2D eigenvalue weighted by Gasteiger charge is 2.34. The Morgan fingerprint density at radius 1 is 1.24 bits per heavy atom. The second-order valence-corrected chi connectivity index (χ2v) is 7.30. The summed E-state index contributed by atoms with van der Waals surface area (Å²) in [7, 11) is 0. The minimum Gasteiger partial charge on any atom is -0.488 e. The lowest BCUT2D eigenvalue weighted by atomic mass is 9.93. The van der Waals surface area contributed by atoms with Crippen molar-refractivity contribution in [2.24, 2.45) is 0 Å². The van der Waals surface area contributed by atoms with Crippen molar-refractivity contribution in [1.82, 2.24) is 10.6 Å². The van der Waals surface area contributed by atoms with Gasteiger partial charge in [0.2, 0.25) is 0 Å². The predicted molar refractivity (Wildman–Crippen MR) is 91.5 cm³/mol. The van der Waals surface area contributed by atoms with Gasteiger partial charge in [0.05, 0.1) is 6.04 Å². The third-order valence-electron chi connectivity index (χ3n) is 4.52. The van der Waals surface area contributed by atoms with Crippen molar-refractivity contribution in [3.05, 3.63) is 36.2 Å². The Kier molecular flexibility index (Phi) is 4.86. The molecule has 2 heterocycles. The molecule has 0 radical (unpaired) electrons. The molecule has 1 aromatic carbocycles. The monoisotopic (exact) mass is 355 g/mol. The number of ether oxygens (including phenoxy) is 1. The van der Waals surface area contributed by atoms with Gasteiger partial charge >= 0.3 is 0 Å². The van der Waals surface area contributed by atoms with Gasteiger partial charge in [-0.3, -0.25) is 0 Å². The van der Waals surface area contributed by atoms with E-state index in [0.717, 1.165) is 0 Å². The molecule has 1 unspecified atom stereocenters. The average molecular weight is 355 g/mol. The van der Waals surface area contributed by atoms with Crippen molar-refractivity contribution in [3.63, 3.8) is 0 Å². The fourth-order valence-electron chi connectivity index (χ4n) is 3.15. The molecule has 2 atom stereocenters. The van der Waals surface area contributed by atoms with Crippen LogP contribution < -0.4 is 20.3 Å². The Hall–Kier alpha value is -1.89. The van der Waals surface area contributed by atoms with Crippen LogP contribution in [0, 0.1) is 11.6 Å². The molecule has 1 saturated heterocycles. The van der Waals surface area contributed by atoms with Crippen molar-refractivity contribution in [2.75, 3.05) is 18.0 Å². The SMILES string of the molecule is C[C@H]1NC=CN(c2c(F)cc(OC3CNC3)cc2F)C1CC(C)(C)F. The minimum atomic E-state index is -1.46. The predicted octanol–water partition coefficient (Wildman–Crippen LogP) is 3.09. The van der Waals surface area contributed by atoms with Gasteiger partial charge in [-0.05, 0) is 20.8 Å². The quantitative estimate of drug-likeness (QED) is 0.851. The summed E-state index contributed by atoms with van der Waals surface area (Å²) in [6, 6.07) is 1.80. The van der Waals surface area contributed by atoms with Gasteiger partial charge in [0.25, 0.3) is 0 Å². The Morgan fingerprint density at radius 3 is 2.40 bits per heavy atom. The summed E-state index contributed by atoms with van der Waals surface area (Å²) in [5.74, 6) is -1.27. The Balaban J connectivity index is 1.89. The molecule has 2 aliphatic rings. The zero-order chi connectivity index (χ0) is 18.2. The number of nitrogens with one attached hydrogen (secondary N) is 2. The largest absolute Gasteiger partial charge is 0.488 e. The van der Waals surface area contributed by atoms with Gasteiger partial charge in [-0.2, -0.15) is 0 Å². The van der Waals surface area contributed by atoms with Gasteiger partial charge in [-0.15, -0.1) is 0 Å². The average Bonchev–Trinajstić information content (AvgIpc) is 2.44. The highest BCUT2D eigenvalue weighted by atomic mass is 19.1. The second kappa shape index (κ2) is 6.78. The van der Waals surface area contributed by atoms with Crippen molar-refractivity contribution in [3.8, 4) is 5.75 Å². The van der Waals surface area contributed by atoms with Gasteiger partial charge in [0, 0.05) is 50.1 Å². The summed E-state index contributed by atoms with van der Waals surface area (Å²) in [4.78, 5) is 1.47. The van der Waals surface area contributed by atoms with E-state index in [9.17, 15) is 13.2 Å². The molecular weight excluding hydrogens is 331 g/mol. The first kappa shape index (κ1) is 17.9. The van der Waals surface area contributed by atoms with Crippen molar-refractivity contribution in [2.45, 2.75) is 51.0 Å². The first-order chi connectivity index (χ1) is 11.7. The standard InChI is InChI=1S/C18H24F3N3O/c1-11-16(8-18(2,3)21)24(5-4-23-11)17-14(19)6-12(7-15(17)20)25-13-9-22-10-13/h4-7,11,13,16,22-23H,8-10H2,1-3H3/t11-,16?/m1/s1. The number of hydrogen-bond acceptors (Lipinski definition) is 4. The molecule has 0 spiro atoms. The molecular formula is C18H24F3N3O. The van der Waals surface area contributed by atoms with Crippen LogP contribution in [0.25, 0.3) is 0 Å². The summed E-state index contributed by atoms with van der Waals surface area (Å²) < 4.78 is 49.1. The minimum absolute atomic E-state index is 0.0659. The molecule has 1 fully saturated rings. The molecule has 0 saturated carbocycles. The number of anilines is 1. The highest BCUT2D eigenvalue weighted by molar-refractivity contribution is 5.56. The smallest absolute Gasteiger partial charge is 0.153 e. The third kappa shape index (κ3) is 4.03. The highest BCUT2D eigenvalue weighted by Crippen LogP contribution is 2.34. The van der Waals surface area contributed by atoms with E-state index in [1.54, 1.807) is 12.4 Å². The molecule has 4 nitrogen and oxygen atoms in total. The maximum Gasteiger partial charge on any atom is 0.153 e. The van der Waals surface area contributed by atoms with Gasteiger partial charge in [0.1, 0.15) is 23.2 Å². The van der Waals surface area contributed by atoms with E-state index in [2.05, 4.69) is 10.6 Å².